The fourth-order valence-electron chi connectivity index (χ4n) is 2.03. The summed E-state index contributed by atoms with van der Waals surface area (Å²) in [5, 5.41) is 4.03. The van der Waals surface area contributed by atoms with E-state index in [1.54, 1.807) is 19.2 Å². The van der Waals surface area contributed by atoms with Gasteiger partial charge in [-0.15, -0.1) is 0 Å². The lowest BCUT2D eigenvalue weighted by atomic mass is 10.1. The van der Waals surface area contributed by atoms with Crippen LogP contribution < -0.4 is 10.1 Å². The maximum absolute atomic E-state index is 12.9. The van der Waals surface area contributed by atoms with Crippen LogP contribution in [-0.2, 0) is 6.54 Å². The minimum atomic E-state index is -0.228. The summed E-state index contributed by atoms with van der Waals surface area (Å²) in [5.74, 6) is 0.532. The number of hydrogen-bond acceptors (Lipinski definition) is 2. The van der Waals surface area contributed by atoms with Gasteiger partial charge in [-0.25, -0.2) is 4.39 Å². The van der Waals surface area contributed by atoms with Crippen molar-refractivity contribution in [3.8, 4) is 5.75 Å². The van der Waals surface area contributed by atoms with Gasteiger partial charge in [0.15, 0.2) is 0 Å². The molecule has 2 aromatic carbocycles. The summed E-state index contributed by atoms with van der Waals surface area (Å²) in [4.78, 5) is 0. The summed E-state index contributed by atoms with van der Waals surface area (Å²) in [5.41, 5.74) is 1.95. The maximum atomic E-state index is 12.9. The second-order valence-electron chi connectivity index (χ2n) is 4.57. The molecule has 1 N–H and O–H groups in total. The smallest absolute Gasteiger partial charge is 0.124 e. The lowest BCUT2D eigenvalue weighted by Gasteiger charge is -2.16. The van der Waals surface area contributed by atoms with Gasteiger partial charge in [-0.2, -0.15) is 0 Å². The van der Waals surface area contributed by atoms with Crippen molar-refractivity contribution in [3.05, 3.63) is 64.4 Å². The predicted molar refractivity (Wildman–Crippen MR) is 79.7 cm³/mol. The second kappa shape index (κ2) is 6.73. The van der Waals surface area contributed by atoms with Gasteiger partial charge in [0.05, 0.1) is 7.11 Å². The average Bonchev–Trinajstić information content (AvgIpc) is 2.46. The van der Waals surface area contributed by atoms with Crippen molar-refractivity contribution in [2.45, 2.75) is 19.5 Å². The number of methoxy groups -OCH3 is 1. The summed E-state index contributed by atoms with van der Waals surface area (Å²) in [7, 11) is 1.62. The first-order valence-corrected chi connectivity index (χ1v) is 6.80. The molecule has 4 heteroatoms. The molecule has 2 aromatic rings. The Morgan fingerprint density at radius 3 is 2.55 bits per heavy atom. The molecule has 2 rings (SSSR count). The molecule has 1 atom stereocenters. The van der Waals surface area contributed by atoms with Crippen LogP contribution in [0.25, 0.3) is 0 Å². The highest BCUT2D eigenvalue weighted by Crippen LogP contribution is 2.26. The molecule has 0 saturated heterocycles. The predicted octanol–water partition coefficient (Wildman–Crippen LogP) is 4.34. The van der Waals surface area contributed by atoms with Crippen molar-refractivity contribution in [2.75, 3.05) is 7.11 Å². The van der Waals surface area contributed by atoms with E-state index in [9.17, 15) is 4.39 Å². The molecule has 0 saturated carbocycles. The second-order valence-corrected chi connectivity index (χ2v) is 4.98. The Morgan fingerprint density at radius 1 is 1.20 bits per heavy atom. The van der Waals surface area contributed by atoms with Crippen LogP contribution in [0.15, 0.2) is 42.5 Å². The largest absolute Gasteiger partial charge is 0.496 e. The fraction of sp³-hybridized carbons (Fsp3) is 0.250. The number of benzene rings is 2. The Labute approximate surface area is 123 Å². The third-order valence-corrected chi connectivity index (χ3v) is 3.60. The van der Waals surface area contributed by atoms with Crippen LogP contribution in [0.5, 0.6) is 5.75 Å². The van der Waals surface area contributed by atoms with Gasteiger partial charge in [0.25, 0.3) is 0 Å². The van der Waals surface area contributed by atoms with Crippen molar-refractivity contribution in [2.24, 2.45) is 0 Å². The molecule has 0 fully saturated rings. The Hall–Kier alpha value is -1.58. The molecular weight excluding hydrogens is 277 g/mol. The minimum Gasteiger partial charge on any atom is -0.496 e. The molecule has 0 radical (unpaired) electrons. The topological polar surface area (TPSA) is 21.3 Å². The average molecular weight is 294 g/mol. The lowest BCUT2D eigenvalue weighted by molar-refractivity contribution is 0.406. The number of ether oxygens (including phenoxy) is 1. The van der Waals surface area contributed by atoms with Gasteiger partial charge in [0.1, 0.15) is 11.6 Å². The van der Waals surface area contributed by atoms with Crippen LogP contribution in [0.1, 0.15) is 24.1 Å². The molecule has 0 aliphatic rings. The first-order valence-electron chi connectivity index (χ1n) is 6.42. The minimum absolute atomic E-state index is 0.0941. The molecule has 0 heterocycles. The van der Waals surface area contributed by atoms with Gasteiger partial charge < -0.3 is 10.1 Å². The zero-order valence-corrected chi connectivity index (χ0v) is 12.2. The van der Waals surface area contributed by atoms with Crippen molar-refractivity contribution in [1.29, 1.82) is 0 Å². The summed E-state index contributed by atoms with van der Waals surface area (Å²) in [6, 6.07) is 12.1. The normalized spacial score (nSPS) is 12.2. The fourth-order valence-corrected chi connectivity index (χ4v) is 2.26. The Bertz CT molecular complexity index is 571. The SMILES string of the molecule is COc1cccc(Cl)c1CNC(C)c1ccc(F)cc1. The zero-order valence-electron chi connectivity index (χ0n) is 11.5. The van der Waals surface area contributed by atoms with Gasteiger partial charge in [0, 0.05) is 23.2 Å². The molecule has 20 heavy (non-hydrogen) atoms. The summed E-state index contributed by atoms with van der Waals surface area (Å²) >= 11 is 6.19. The first-order chi connectivity index (χ1) is 9.61. The van der Waals surface area contributed by atoms with Crippen LogP contribution in [0.4, 0.5) is 4.39 Å². The Balaban J connectivity index is 2.07. The molecule has 0 aromatic heterocycles. The molecule has 0 aliphatic carbocycles. The molecule has 1 unspecified atom stereocenters. The molecular formula is C16H17ClFNO. The standard InChI is InChI=1S/C16H17ClFNO/c1-11(12-6-8-13(18)9-7-12)19-10-14-15(17)4-3-5-16(14)20-2/h3-9,11,19H,10H2,1-2H3. The van der Waals surface area contributed by atoms with Crippen LogP contribution in [0.3, 0.4) is 0 Å². The number of rotatable bonds is 5. The number of halogens is 2. The summed E-state index contributed by atoms with van der Waals surface area (Å²) in [6.45, 7) is 2.61. The zero-order chi connectivity index (χ0) is 14.5. The van der Waals surface area contributed by atoms with E-state index in [4.69, 9.17) is 16.3 Å². The lowest BCUT2D eigenvalue weighted by Crippen LogP contribution is -2.18. The van der Waals surface area contributed by atoms with Crippen molar-refractivity contribution < 1.29 is 9.13 Å². The third kappa shape index (κ3) is 3.50. The highest BCUT2D eigenvalue weighted by atomic mass is 35.5. The van der Waals surface area contributed by atoms with Crippen molar-refractivity contribution in [3.63, 3.8) is 0 Å². The van der Waals surface area contributed by atoms with Gasteiger partial charge >= 0.3 is 0 Å². The monoisotopic (exact) mass is 293 g/mol. The van der Waals surface area contributed by atoms with Crippen LogP contribution >= 0.6 is 11.6 Å². The van der Waals surface area contributed by atoms with Crippen LogP contribution in [0.2, 0.25) is 5.02 Å². The van der Waals surface area contributed by atoms with Crippen LogP contribution in [-0.4, -0.2) is 7.11 Å². The van der Waals surface area contributed by atoms with E-state index in [2.05, 4.69) is 5.32 Å². The van der Waals surface area contributed by atoms with E-state index in [-0.39, 0.29) is 11.9 Å². The Kier molecular flexibility index (Phi) is 4.99. The van der Waals surface area contributed by atoms with Gasteiger partial charge in [-0.1, -0.05) is 29.8 Å². The van der Waals surface area contributed by atoms with E-state index < -0.39 is 0 Å². The van der Waals surface area contributed by atoms with Crippen molar-refractivity contribution >= 4 is 11.6 Å². The van der Waals surface area contributed by atoms with E-state index in [1.165, 1.54) is 12.1 Å². The number of hydrogen-bond donors (Lipinski definition) is 1. The first kappa shape index (κ1) is 14.8. The van der Waals surface area contributed by atoms with Gasteiger partial charge in [-0.3, -0.25) is 0 Å². The number of nitrogens with one attached hydrogen (secondary N) is 1. The highest BCUT2D eigenvalue weighted by Gasteiger charge is 2.10. The summed E-state index contributed by atoms with van der Waals surface area (Å²) < 4.78 is 18.2. The molecule has 2 nitrogen and oxygen atoms in total. The Morgan fingerprint density at radius 2 is 1.90 bits per heavy atom. The van der Waals surface area contributed by atoms with E-state index in [0.29, 0.717) is 11.6 Å². The van der Waals surface area contributed by atoms with E-state index in [0.717, 1.165) is 16.9 Å². The van der Waals surface area contributed by atoms with Crippen molar-refractivity contribution in [1.82, 2.24) is 5.32 Å². The quantitative estimate of drug-likeness (QED) is 0.885. The molecule has 0 bridgehead atoms. The highest BCUT2D eigenvalue weighted by molar-refractivity contribution is 6.31. The molecule has 0 aliphatic heterocycles. The summed E-state index contributed by atoms with van der Waals surface area (Å²) in [6.07, 6.45) is 0. The molecule has 0 spiro atoms. The maximum Gasteiger partial charge on any atom is 0.124 e. The molecule has 0 amide bonds. The van der Waals surface area contributed by atoms with E-state index in [1.807, 2.05) is 25.1 Å². The van der Waals surface area contributed by atoms with Crippen LogP contribution in [0, 0.1) is 5.82 Å². The van der Waals surface area contributed by atoms with Gasteiger partial charge in [-0.05, 0) is 36.8 Å². The van der Waals surface area contributed by atoms with Gasteiger partial charge in [0.2, 0.25) is 0 Å². The van der Waals surface area contributed by atoms with E-state index >= 15 is 0 Å². The molecule has 106 valence electrons. The third-order valence-electron chi connectivity index (χ3n) is 3.25.